The molecule has 1 aliphatic heterocycles. The fourth-order valence-corrected chi connectivity index (χ4v) is 4.13. The summed E-state index contributed by atoms with van der Waals surface area (Å²) in [6, 6.07) is 11.1. The van der Waals surface area contributed by atoms with Crippen LogP contribution in [0.3, 0.4) is 0 Å². The van der Waals surface area contributed by atoms with Crippen LogP contribution in [0.1, 0.15) is 41.0 Å². The Morgan fingerprint density at radius 1 is 1.16 bits per heavy atom. The van der Waals surface area contributed by atoms with Gasteiger partial charge >= 0.3 is 0 Å². The number of carbonyl (C=O) groups excluding carboxylic acids is 1. The van der Waals surface area contributed by atoms with E-state index in [4.69, 9.17) is 4.74 Å². The first-order valence-corrected chi connectivity index (χ1v) is 10.7. The highest BCUT2D eigenvalue weighted by atomic mass is 16.5. The fourth-order valence-electron chi connectivity index (χ4n) is 4.13. The Labute approximate surface area is 186 Å². The number of rotatable bonds is 6. The zero-order valence-corrected chi connectivity index (χ0v) is 18.5. The molecule has 0 aliphatic carbocycles. The summed E-state index contributed by atoms with van der Waals surface area (Å²) < 4.78 is 7.36. The number of ether oxygens (including phenoxy) is 1. The van der Waals surface area contributed by atoms with Crippen molar-refractivity contribution in [3.8, 4) is 5.82 Å². The summed E-state index contributed by atoms with van der Waals surface area (Å²) >= 11 is 0. The highest BCUT2D eigenvalue weighted by molar-refractivity contribution is 5.95. The van der Waals surface area contributed by atoms with Gasteiger partial charge in [-0.05, 0) is 38.0 Å². The number of morpholine rings is 1. The molecular formula is C23H28N6O3. The molecule has 9 heteroatoms. The molecule has 3 heterocycles. The fraction of sp³-hybridized carbons (Fsp3) is 0.391. The second-order valence-electron chi connectivity index (χ2n) is 8.24. The Morgan fingerprint density at radius 2 is 1.88 bits per heavy atom. The Morgan fingerprint density at radius 3 is 2.56 bits per heavy atom. The van der Waals surface area contributed by atoms with Gasteiger partial charge < -0.3 is 10.1 Å². The quantitative estimate of drug-likeness (QED) is 0.611. The average molecular weight is 437 g/mol. The van der Waals surface area contributed by atoms with Crippen molar-refractivity contribution >= 4 is 5.91 Å². The summed E-state index contributed by atoms with van der Waals surface area (Å²) in [5.74, 6) is 0.238. The molecule has 2 N–H and O–H groups in total. The molecule has 0 saturated carbocycles. The van der Waals surface area contributed by atoms with Crippen LogP contribution in [0.5, 0.6) is 0 Å². The molecular weight excluding hydrogens is 408 g/mol. The summed E-state index contributed by atoms with van der Waals surface area (Å²) in [7, 11) is 0. The number of H-pyrrole nitrogens is 1. The van der Waals surface area contributed by atoms with Gasteiger partial charge in [-0.15, -0.1) is 0 Å². The van der Waals surface area contributed by atoms with Crippen molar-refractivity contribution < 1.29 is 9.53 Å². The number of carbonyl (C=O) groups is 1. The van der Waals surface area contributed by atoms with Gasteiger partial charge in [0, 0.05) is 32.2 Å². The molecule has 168 valence electrons. The maximum Gasteiger partial charge on any atom is 0.264 e. The molecule has 2 aromatic heterocycles. The first kappa shape index (κ1) is 21.9. The SMILES string of the molecule is Cc1c(C(=O)NCc2ccccc2CN2CC(C)OC(C)C2)cnn1-c1ccc(=O)[nH]n1. The van der Waals surface area contributed by atoms with E-state index in [1.165, 1.54) is 22.5 Å². The lowest BCUT2D eigenvalue weighted by Crippen LogP contribution is -2.45. The van der Waals surface area contributed by atoms with E-state index in [0.717, 1.165) is 25.2 Å². The van der Waals surface area contributed by atoms with Crippen LogP contribution in [0.2, 0.25) is 0 Å². The van der Waals surface area contributed by atoms with E-state index in [0.29, 0.717) is 23.6 Å². The van der Waals surface area contributed by atoms with Gasteiger partial charge in [-0.1, -0.05) is 24.3 Å². The van der Waals surface area contributed by atoms with E-state index in [2.05, 4.69) is 45.4 Å². The topological polar surface area (TPSA) is 105 Å². The van der Waals surface area contributed by atoms with Gasteiger partial charge in [0.05, 0.1) is 29.7 Å². The minimum Gasteiger partial charge on any atom is -0.373 e. The summed E-state index contributed by atoms with van der Waals surface area (Å²) in [5.41, 5.74) is 3.09. The van der Waals surface area contributed by atoms with Crippen LogP contribution in [0.25, 0.3) is 5.82 Å². The van der Waals surface area contributed by atoms with Gasteiger partial charge in [-0.2, -0.15) is 10.2 Å². The predicted molar refractivity (Wildman–Crippen MR) is 120 cm³/mol. The van der Waals surface area contributed by atoms with Crippen molar-refractivity contribution in [1.82, 2.24) is 30.2 Å². The van der Waals surface area contributed by atoms with Crippen molar-refractivity contribution in [2.75, 3.05) is 13.1 Å². The van der Waals surface area contributed by atoms with Gasteiger partial charge in [0.1, 0.15) is 0 Å². The first-order chi connectivity index (χ1) is 15.4. The lowest BCUT2D eigenvalue weighted by atomic mass is 10.1. The smallest absolute Gasteiger partial charge is 0.264 e. The van der Waals surface area contributed by atoms with Crippen molar-refractivity contribution in [1.29, 1.82) is 0 Å². The second-order valence-corrected chi connectivity index (χ2v) is 8.24. The van der Waals surface area contributed by atoms with E-state index in [1.54, 1.807) is 13.0 Å². The maximum absolute atomic E-state index is 12.9. The van der Waals surface area contributed by atoms with E-state index in [9.17, 15) is 9.59 Å². The molecule has 4 rings (SSSR count). The van der Waals surface area contributed by atoms with Gasteiger partial charge in [-0.25, -0.2) is 9.78 Å². The molecule has 0 spiro atoms. The summed E-state index contributed by atoms with van der Waals surface area (Å²) in [6.45, 7) is 9.01. The van der Waals surface area contributed by atoms with Gasteiger partial charge in [0.2, 0.25) is 0 Å². The monoisotopic (exact) mass is 436 g/mol. The lowest BCUT2D eigenvalue weighted by molar-refractivity contribution is -0.0705. The molecule has 1 aromatic carbocycles. The third-order valence-corrected chi connectivity index (χ3v) is 5.58. The number of nitrogens with zero attached hydrogens (tertiary/aromatic N) is 4. The second kappa shape index (κ2) is 9.46. The van der Waals surface area contributed by atoms with E-state index >= 15 is 0 Å². The Hall–Kier alpha value is -3.30. The van der Waals surface area contributed by atoms with Gasteiger partial charge in [-0.3, -0.25) is 14.5 Å². The summed E-state index contributed by atoms with van der Waals surface area (Å²) in [6.07, 6.45) is 1.93. The van der Waals surface area contributed by atoms with E-state index in [-0.39, 0.29) is 23.7 Å². The number of aromatic amines is 1. The maximum atomic E-state index is 12.9. The summed E-state index contributed by atoms with van der Waals surface area (Å²) in [4.78, 5) is 26.5. The number of hydrogen-bond donors (Lipinski definition) is 2. The molecule has 32 heavy (non-hydrogen) atoms. The molecule has 9 nitrogen and oxygen atoms in total. The standard InChI is InChI=1S/C23H28N6O3/c1-15-12-28(13-16(2)32-15)14-19-7-5-4-6-18(19)10-24-23(31)20-11-25-29(17(20)3)21-8-9-22(30)27-26-21/h4-9,11,15-16H,10,12-14H2,1-3H3,(H,24,31)(H,27,30). The van der Waals surface area contributed by atoms with Crippen molar-refractivity contribution in [3.05, 3.63) is 75.3 Å². The van der Waals surface area contributed by atoms with Crippen LogP contribution in [-0.4, -0.2) is 56.1 Å². The molecule has 1 aliphatic rings. The normalized spacial score (nSPS) is 19.1. The van der Waals surface area contributed by atoms with Gasteiger partial charge in [0.15, 0.2) is 5.82 Å². The van der Waals surface area contributed by atoms with Crippen molar-refractivity contribution in [2.24, 2.45) is 0 Å². The van der Waals surface area contributed by atoms with E-state index in [1.807, 2.05) is 18.2 Å². The molecule has 1 fully saturated rings. The van der Waals surface area contributed by atoms with Gasteiger partial charge in [0.25, 0.3) is 11.5 Å². The third-order valence-electron chi connectivity index (χ3n) is 5.58. The first-order valence-electron chi connectivity index (χ1n) is 10.7. The number of nitrogens with one attached hydrogen (secondary N) is 2. The number of aromatic nitrogens is 4. The van der Waals surface area contributed by atoms with Crippen LogP contribution in [0, 0.1) is 6.92 Å². The largest absolute Gasteiger partial charge is 0.373 e. The molecule has 2 atom stereocenters. The third kappa shape index (κ3) is 4.95. The van der Waals surface area contributed by atoms with Crippen molar-refractivity contribution in [3.63, 3.8) is 0 Å². The predicted octanol–water partition coefficient (Wildman–Crippen LogP) is 1.80. The highest BCUT2D eigenvalue weighted by Gasteiger charge is 2.23. The number of hydrogen-bond acceptors (Lipinski definition) is 6. The molecule has 2 unspecified atom stereocenters. The number of benzene rings is 1. The minimum atomic E-state index is -0.295. The Bertz CT molecular complexity index is 1120. The van der Waals surface area contributed by atoms with Crippen LogP contribution < -0.4 is 10.9 Å². The molecule has 3 aromatic rings. The Balaban J connectivity index is 1.44. The van der Waals surface area contributed by atoms with Crippen LogP contribution in [-0.2, 0) is 17.8 Å². The molecule has 1 saturated heterocycles. The molecule has 0 radical (unpaired) electrons. The van der Waals surface area contributed by atoms with E-state index < -0.39 is 0 Å². The van der Waals surface area contributed by atoms with Crippen molar-refractivity contribution in [2.45, 2.75) is 46.1 Å². The zero-order chi connectivity index (χ0) is 22.7. The minimum absolute atomic E-state index is 0.207. The highest BCUT2D eigenvalue weighted by Crippen LogP contribution is 2.17. The van der Waals surface area contributed by atoms with Crippen LogP contribution >= 0.6 is 0 Å². The summed E-state index contributed by atoms with van der Waals surface area (Å²) in [5, 5.41) is 13.6. The molecule has 0 bridgehead atoms. The van der Waals surface area contributed by atoms with Crippen LogP contribution in [0.15, 0.2) is 47.4 Å². The lowest BCUT2D eigenvalue weighted by Gasteiger charge is -2.35. The number of amides is 1. The Kier molecular flexibility index (Phi) is 6.48. The zero-order valence-electron chi connectivity index (χ0n) is 18.5. The molecule has 1 amide bonds. The average Bonchev–Trinajstić information content (AvgIpc) is 3.14. The van der Waals surface area contributed by atoms with Crippen LogP contribution in [0.4, 0.5) is 0 Å².